The van der Waals surface area contributed by atoms with Crippen molar-refractivity contribution < 1.29 is 18.7 Å². The van der Waals surface area contributed by atoms with Gasteiger partial charge in [0.15, 0.2) is 0 Å². The van der Waals surface area contributed by atoms with Crippen LogP contribution in [0.2, 0.25) is 0 Å². The van der Waals surface area contributed by atoms with Gasteiger partial charge in [0, 0.05) is 62.1 Å². The molecule has 1 amide bonds. The highest BCUT2D eigenvalue weighted by atomic mass is 32.2. The van der Waals surface area contributed by atoms with Crippen molar-refractivity contribution in [1.29, 1.82) is 0 Å². The third kappa shape index (κ3) is 5.65. The molecule has 1 aliphatic carbocycles. The summed E-state index contributed by atoms with van der Waals surface area (Å²) in [6, 6.07) is 3.33. The Morgan fingerprint density at radius 2 is 2.11 bits per heavy atom. The van der Waals surface area contributed by atoms with Crippen LogP contribution in [0.3, 0.4) is 0 Å². The molecule has 4 aliphatic rings. The van der Waals surface area contributed by atoms with E-state index in [9.17, 15) is 18.7 Å². The van der Waals surface area contributed by atoms with Gasteiger partial charge in [0.05, 0.1) is 5.60 Å². The topological polar surface area (TPSA) is 67.8 Å². The normalized spacial score (nSPS) is 29.0. The summed E-state index contributed by atoms with van der Waals surface area (Å²) in [4.78, 5) is 18.1. The van der Waals surface area contributed by atoms with Crippen molar-refractivity contribution >= 4 is 23.4 Å². The van der Waals surface area contributed by atoms with E-state index in [1.165, 1.54) is 12.8 Å². The lowest BCUT2D eigenvalue weighted by atomic mass is 9.80. The molecule has 1 aromatic carbocycles. The molecule has 4 atom stereocenters. The van der Waals surface area contributed by atoms with Crippen molar-refractivity contribution in [3.8, 4) is 0 Å². The van der Waals surface area contributed by atoms with Gasteiger partial charge in [-0.1, -0.05) is 19.8 Å². The molecule has 3 N–H and O–H groups in total. The van der Waals surface area contributed by atoms with Crippen molar-refractivity contribution in [3.05, 3.63) is 28.8 Å². The molecule has 9 heteroatoms. The predicted octanol–water partition coefficient (Wildman–Crippen LogP) is 4.44. The average Bonchev–Trinajstić information content (AvgIpc) is 3.41. The Labute approximate surface area is 223 Å². The molecule has 0 bridgehead atoms. The molecule has 2 saturated heterocycles. The van der Waals surface area contributed by atoms with Crippen molar-refractivity contribution in [2.24, 2.45) is 0 Å². The van der Waals surface area contributed by atoms with Crippen molar-refractivity contribution in [2.75, 3.05) is 31.5 Å². The van der Waals surface area contributed by atoms with Crippen LogP contribution in [0.4, 0.5) is 14.5 Å². The molecule has 6 nitrogen and oxygen atoms in total. The fourth-order valence-electron chi connectivity index (χ4n) is 6.44. The molecule has 1 aromatic rings. The van der Waals surface area contributed by atoms with Gasteiger partial charge in [-0.2, -0.15) is 0 Å². The van der Waals surface area contributed by atoms with Gasteiger partial charge in [-0.05, 0) is 62.3 Å². The molecule has 1 saturated carbocycles. The number of rotatable bonds is 9. The van der Waals surface area contributed by atoms with Crippen LogP contribution >= 0.6 is 11.8 Å². The number of fused-ring (bicyclic) bond motifs is 2. The Kier molecular flexibility index (Phi) is 7.80. The second-order valence-corrected chi connectivity index (χ2v) is 13.0. The van der Waals surface area contributed by atoms with E-state index in [1.807, 2.05) is 29.7 Å². The van der Waals surface area contributed by atoms with Crippen molar-refractivity contribution in [3.63, 3.8) is 0 Å². The van der Waals surface area contributed by atoms with Gasteiger partial charge >= 0.3 is 0 Å². The smallest absolute Gasteiger partial charge is 0.270 e. The van der Waals surface area contributed by atoms with E-state index >= 15 is 0 Å². The summed E-state index contributed by atoms with van der Waals surface area (Å²) >= 11 is 1.89. The van der Waals surface area contributed by atoms with E-state index in [0.717, 1.165) is 51.1 Å². The lowest BCUT2D eigenvalue weighted by Gasteiger charge is -2.40. The fourth-order valence-corrected chi connectivity index (χ4v) is 8.10. The summed E-state index contributed by atoms with van der Waals surface area (Å²) in [6.45, 7) is 7.96. The minimum absolute atomic E-state index is 0.0102. The number of anilines is 1. The Hall–Kier alpha value is -1.42. The monoisotopic (exact) mass is 536 g/mol. The first kappa shape index (κ1) is 27.2. The largest absolute Gasteiger partial charge is 0.389 e. The van der Waals surface area contributed by atoms with Gasteiger partial charge in [-0.25, -0.2) is 8.78 Å². The molecular formula is C28H42F2N4O2S. The number of nitrogens with zero attached hydrogens (tertiary/aromatic N) is 2. The molecule has 0 aromatic heterocycles. The molecule has 206 valence electrons. The molecule has 37 heavy (non-hydrogen) atoms. The lowest BCUT2D eigenvalue weighted by molar-refractivity contribution is -0.133. The maximum absolute atomic E-state index is 14.3. The van der Waals surface area contributed by atoms with E-state index in [1.54, 1.807) is 6.07 Å². The number of carbonyl (C=O) groups is 1. The van der Waals surface area contributed by atoms with Gasteiger partial charge in [-0.3, -0.25) is 15.0 Å². The number of nitrogens with one attached hydrogen (secondary N) is 2. The first-order valence-corrected chi connectivity index (χ1v) is 15.0. The Balaban J connectivity index is 1.24. The maximum Gasteiger partial charge on any atom is 0.270 e. The van der Waals surface area contributed by atoms with Crippen LogP contribution in [0.1, 0.15) is 75.5 Å². The highest BCUT2D eigenvalue weighted by molar-refractivity contribution is 8.00. The highest BCUT2D eigenvalue weighted by Gasteiger charge is 2.47. The minimum atomic E-state index is -2.94. The van der Waals surface area contributed by atoms with E-state index < -0.39 is 17.6 Å². The lowest BCUT2D eigenvalue weighted by Crippen LogP contribution is -2.55. The number of aryl methyl sites for hydroxylation is 1. The number of hydrogen-bond acceptors (Lipinski definition) is 6. The summed E-state index contributed by atoms with van der Waals surface area (Å²) < 4.78 is 28.6. The highest BCUT2D eigenvalue weighted by Crippen LogP contribution is 2.42. The van der Waals surface area contributed by atoms with Gasteiger partial charge in [0.25, 0.3) is 5.92 Å². The minimum Gasteiger partial charge on any atom is -0.389 e. The van der Waals surface area contributed by atoms with E-state index in [4.69, 9.17) is 0 Å². The first-order valence-electron chi connectivity index (χ1n) is 14.0. The third-order valence-electron chi connectivity index (χ3n) is 8.68. The summed E-state index contributed by atoms with van der Waals surface area (Å²) in [5.41, 5.74) is 1.62. The third-order valence-corrected chi connectivity index (χ3v) is 10.2. The summed E-state index contributed by atoms with van der Waals surface area (Å²) in [5.74, 6) is -2.93. The first-order chi connectivity index (χ1) is 17.6. The van der Waals surface area contributed by atoms with Gasteiger partial charge in [0.1, 0.15) is 11.5 Å². The van der Waals surface area contributed by atoms with Gasteiger partial charge in [-0.15, -0.1) is 11.8 Å². The van der Waals surface area contributed by atoms with Crippen LogP contribution < -0.4 is 10.6 Å². The average molecular weight is 537 g/mol. The molecule has 0 radical (unpaired) electrons. The molecule has 3 heterocycles. The van der Waals surface area contributed by atoms with Crippen LogP contribution in [0, 0.1) is 6.92 Å². The molecular weight excluding hydrogens is 494 g/mol. The number of hydrogen-bond donors (Lipinski definition) is 3. The Morgan fingerprint density at radius 1 is 1.32 bits per heavy atom. The number of carbonyl (C=O) groups excluding carboxylic acids is 1. The van der Waals surface area contributed by atoms with Crippen molar-refractivity contribution in [2.45, 2.75) is 106 Å². The second kappa shape index (κ2) is 10.6. The molecule has 3 aliphatic heterocycles. The van der Waals surface area contributed by atoms with Crippen LogP contribution in [-0.2, 0) is 17.1 Å². The number of thioether (sulfide) groups is 1. The van der Waals surface area contributed by atoms with Crippen LogP contribution in [0.15, 0.2) is 12.1 Å². The molecule has 4 unspecified atom stereocenters. The Bertz CT molecular complexity index is 999. The maximum atomic E-state index is 14.3. The van der Waals surface area contributed by atoms with E-state index in [-0.39, 0.29) is 17.0 Å². The van der Waals surface area contributed by atoms with Crippen LogP contribution in [-0.4, -0.2) is 75.4 Å². The molecule has 0 spiro atoms. The number of halogens is 2. The zero-order chi connectivity index (χ0) is 26.4. The number of likely N-dealkylation sites (tertiary alicyclic amines) is 1. The summed E-state index contributed by atoms with van der Waals surface area (Å²) in [5, 5.41) is 17.8. The zero-order valence-electron chi connectivity index (χ0n) is 22.4. The predicted molar refractivity (Wildman–Crippen MR) is 145 cm³/mol. The van der Waals surface area contributed by atoms with Crippen LogP contribution in [0.25, 0.3) is 0 Å². The number of unbranched alkanes of at least 4 members (excludes halogenated alkanes) is 2. The number of benzene rings is 1. The fraction of sp³-hybridized carbons (Fsp3) is 0.750. The molecule has 3 fully saturated rings. The van der Waals surface area contributed by atoms with Gasteiger partial charge < -0.3 is 15.3 Å². The summed E-state index contributed by atoms with van der Waals surface area (Å²) in [6.07, 6.45) is 7.57. The van der Waals surface area contributed by atoms with Crippen molar-refractivity contribution in [1.82, 2.24) is 15.1 Å². The van der Waals surface area contributed by atoms with Gasteiger partial charge in [0.2, 0.25) is 5.91 Å². The SMILES string of the molecule is CCCCCN1C(NCC2(O)CCC2)SC2CN(C(=O)C3Cc4c(cc(C)cc4C(C)(F)F)N3)CCC21. The number of piperidine rings is 1. The van der Waals surface area contributed by atoms with E-state index in [0.29, 0.717) is 48.6 Å². The quantitative estimate of drug-likeness (QED) is 0.406. The van der Waals surface area contributed by atoms with E-state index in [2.05, 4.69) is 22.5 Å². The van der Waals surface area contributed by atoms with Crippen LogP contribution in [0.5, 0.6) is 0 Å². The number of alkyl halides is 2. The standard InChI is InChI=1S/C28H42F2N4O2S/c1-4-5-6-11-34-23-8-12-33(16-24(23)37-26(34)31-17-28(36)9-7-10-28)25(35)22-15-19-20(27(3,29)30)13-18(2)14-21(19)32-22/h13-14,22-24,26,31-32,36H,4-12,15-17H2,1-3H3. The summed E-state index contributed by atoms with van der Waals surface area (Å²) in [7, 11) is 0. The second-order valence-electron chi connectivity index (χ2n) is 11.7. The number of amides is 1. The zero-order valence-corrected chi connectivity index (χ0v) is 23.2. The molecule has 5 rings (SSSR count). The Morgan fingerprint density at radius 3 is 2.78 bits per heavy atom. The number of aliphatic hydroxyl groups is 1.